The Morgan fingerprint density at radius 3 is 2.69 bits per heavy atom. The molecule has 2 heteroatoms. The van der Waals surface area contributed by atoms with E-state index in [0.29, 0.717) is 0 Å². The van der Waals surface area contributed by atoms with E-state index in [9.17, 15) is 0 Å². The fourth-order valence-electron chi connectivity index (χ4n) is 1.12. The molecule has 1 N–H and O–H groups in total. The van der Waals surface area contributed by atoms with Crippen LogP contribution in [0.5, 0.6) is 0 Å². The number of hydrogen-bond acceptors (Lipinski definition) is 2. The van der Waals surface area contributed by atoms with Crippen LogP contribution in [0.15, 0.2) is 17.7 Å². The van der Waals surface area contributed by atoms with Crippen molar-refractivity contribution in [1.82, 2.24) is 0 Å². The lowest BCUT2D eigenvalue weighted by atomic mass is 10.2. The van der Waals surface area contributed by atoms with Gasteiger partial charge in [-0.1, -0.05) is 13.8 Å². The van der Waals surface area contributed by atoms with Gasteiger partial charge in [0.2, 0.25) is 0 Å². The van der Waals surface area contributed by atoms with Gasteiger partial charge in [0, 0.05) is 9.75 Å². The summed E-state index contributed by atoms with van der Waals surface area (Å²) in [4.78, 5) is 2.65. The van der Waals surface area contributed by atoms with E-state index in [1.807, 2.05) is 0 Å². The average Bonchev–Trinajstić information content (AvgIpc) is 2.61. The van der Waals surface area contributed by atoms with Gasteiger partial charge in [0.1, 0.15) is 0 Å². The maximum atomic E-state index is 8.99. The fraction of sp³-hybridized carbons (Fsp3) is 0.455. The molecule has 13 heavy (non-hydrogen) atoms. The van der Waals surface area contributed by atoms with E-state index in [2.05, 4.69) is 32.1 Å². The van der Waals surface area contributed by atoms with Crippen LogP contribution in [0.2, 0.25) is 0 Å². The molecule has 0 spiro atoms. The van der Waals surface area contributed by atoms with E-state index in [4.69, 9.17) is 5.11 Å². The maximum absolute atomic E-state index is 8.99. The molecule has 0 aliphatic rings. The van der Waals surface area contributed by atoms with Gasteiger partial charge in [-0.05, 0) is 36.6 Å². The Balaban J connectivity index is 2.77. The van der Waals surface area contributed by atoms with Gasteiger partial charge in [-0.25, -0.2) is 0 Å². The first-order chi connectivity index (χ1) is 6.30. The summed E-state index contributed by atoms with van der Waals surface area (Å²) >= 11 is 1.80. The van der Waals surface area contributed by atoms with Crippen molar-refractivity contribution in [2.45, 2.75) is 26.7 Å². The molecule has 0 fully saturated rings. The summed E-state index contributed by atoms with van der Waals surface area (Å²) in [7, 11) is 0. The molecule has 1 heterocycles. The van der Waals surface area contributed by atoms with Crippen LogP contribution < -0.4 is 0 Å². The molecule has 1 nitrogen and oxygen atoms in total. The van der Waals surface area contributed by atoms with Gasteiger partial charge >= 0.3 is 0 Å². The van der Waals surface area contributed by atoms with Crippen LogP contribution in [0, 0.1) is 0 Å². The standard InChI is InChI=1S/C11H16OS/c1-3-9(8-12)7-11-6-5-10(4-2)13-11/h5-7,12H,3-4,8H2,1-2H3. The average molecular weight is 196 g/mol. The summed E-state index contributed by atoms with van der Waals surface area (Å²) < 4.78 is 0. The Hall–Kier alpha value is -0.600. The molecule has 0 bridgehead atoms. The van der Waals surface area contributed by atoms with Gasteiger partial charge in [0.25, 0.3) is 0 Å². The lowest BCUT2D eigenvalue weighted by Gasteiger charge is -1.96. The van der Waals surface area contributed by atoms with Gasteiger partial charge in [0.15, 0.2) is 0 Å². The van der Waals surface area contributed by atoms with Crippen LogP contribution in [0.3, 0.4) is 0 Å². The van der Waals surface area contributed by atoms with Crippen molar-refractivity contribution in [3.05, 3.63) is 27.5 Å². The summed E-state index contributed by atoms with van der Waals surface area (Å²) in [5.41, 5.74) is 1.10. The fourth-order valence-corrected chi connectivity index (χ4v) is 2.07. The number of thiophene rings is 1. The third-order valence-electron chi connectivity index (χ3n) is 2.03. The molecule has 0 aromatic carbocycles. The number of hydrogen-bond donors (Lipinski definition) is 1. The molecule has 0 saturated carbocycles. The van der Waals surface area contributed by atoms with Crippen LogP contribution in [0.25, 0.3) is 6.08 Å². The van der Waals surface area contributed by atoms with Gasteiger partial charge in [0.05, 0.1) is 6.61 Å². The first-order valence-electron chi connectivity index (χ1n) is 4.69. The quantitative estimate of drug-likeness (QED) is 0.784. The predicted molar refractivity (Wildman–Crippen MR) is 59.1 cm³/mol. The molecule has 0 saturated heterocycles. The third kappa shape index (κ3) is 2.98. The van der Waals surface area contributed by atoms with Crippen molar-refractivity contribution >= 4 is 17.4 Å². The van der Waals surface area contributed by atoms with Crippen molar-refractivity contribution in [3.63, 3.8) is 0 Å². The minimum atomic E-state index is 0.176. The highest BCUT2D eigenvalue weighted by Gasteiger charge is 1.97. The number of aliphatic hydroxyl groups excluding tert-OH is 1. The minimum Gasteiger partial charge on any atom is -0.392 e. The molecular weight excluding hydrogens is 180 g/mol. The topological polar surface area (TPSA) is 20.2 Å². The van der Waals surface area contributed by atoms with Crippen LogP contribution >= 0.6 is 11.3 Å². The Morgan fingerprint density at radius 1 is 1.46 bits per heavy atom. The van der Waals surface area contributed by atoms with Gasteiger partial charge in [-0.15, -0.1) is 11.3 Å². The zero-order valence-corrected chi connectivity index (χ0v) is 9.03. The van der Waals surface area contributed by atoms with Crippen molar-refractivity contribution in [1.29, 1.82) is 0 Å². The van der Waals surface area contributed by atoms with Crippen LogP contribution in [-0.4, -0.2) is 11.7 Å². The number of rotatable bonds is 4. The van der Waals surface area contributed by atoms with Gasteiger partial charge < -0.3 is 5.11 Å². The largest absolute Gasteiger partial charge is 0.392 e. The van der Waals surface area contributed by atoms with Gasteiger partial charge in [-0.2, -0.15) is 0 Å². The second-order valence-corrected chi connectivity index (χ2v) is 4.17. The summed E-state index contributed by atoms with van der Waals surface area (Å²) in [5, 5.41) is 8.99. The summed E-state index contributed by atoms with van der Waals surface area (Å²) in [6.45, 7) is 4.40. The van der Waals surface area contributed by atoms with Crippen molar-refractivity contribution < 1.29 is 5.11 Å². The Morgan fingerprint density at radius 2 is 2.23 bits per heavy atom. The molecule has 1 aromatic heterocycles. The molecule has 0 amide bonds. The van der Waals surface area contributed by atoms with Crippen LogP contribution in [0.4, 0.5) is 0 Å². The summed E-state index contributed by atoms with van der Waals surface area (Å²) in [5.74, 6) is 0. The normalized spacial score (nSPS) is 12.1. The second-order valence-electron chi connectivity index (χ2n) is 2.97. The van der Waals surface area contributed by atoms with E-state index in [-0.39, 0.29) is 6.61 Å². The highest BCUT2D eigenvalue weighted by molar-refractivity contribution is 7.12. The summed E-state index contributed by atoms with van der Waals surface area (Å²) in [6.07, 6.45) is 4.11. The van der Waals surface area contributed by atoms with Crippen LogP contribution in [0.1, 0.15) is 30.0 Å². The minimum absolute atomic E-state index is 0.176. The molecule has 0 radical (unpaired) electrons. The Labute approximate surface area is 83.7 Å². The molecule has 0 aliphatic carbocycles. The van der Waals surface area contributed by atoms with E-state index >= 15 is 0 Å². The van der Waals surface area contributed by atoms with E-state index in [1.54, 1.807) is 11.3 Å². The zero-order valence-electron chi connectivity index (χ0n) is 8.21. The molecular formula is C11H16OS. The Kier molecular flexibility index (Phi) is 4.19. The Bertz CT molecular complexity index is 280. The van der Waals surface area contributed by atoms with Crippen molar-refractivity contribution in [3.8, 4) is 0 Å². The molecule has 1 aromatic rings. The van der Waals surface area contributed by atoms with E-state index in [1.165, 1.54) is 9.75 Å². The lowest BCUT2D eigenvalue weighted by Crippen LogP contribution is -1.86. The molecule has 0 atom stereocenters. The first-order valence-corrected chi connectivity index (χ1v) is 5.50. The second kappa shape index (κ2) is 5.20. The first kappa shape index (κ1) is 10.5. The molecule has 0 unspecified atom stereocenters. The number of aryl methyl sites for hydroxylation is 1. The van der Waals surface area contributed by atoms with Crippen molar-refractivity contribution in [2.24, 2.45) is 0 Å². The highest BCUT2D eigenvalue weighted by Crippen LogP contribution is 2.20. The maximum Gasteiger partial charge on any atom is 0.0645 e. The molecule has 72 valence electrons. The van der Waals surface area contributed by atoms with E-state index < -0.39 is 0 Å². The van der Waals surface area contributed by atoms with Gasteiger partial charge in [-0.3, -0.25) is 0 Å². The molecule has 1 rings (SSSR count). The van der Waals surface area contributed by atoms with Crippen molar-refractivity contribution in [2.75, 3.05) is 6.61 Å². The zero-order chi connectivity index (χ0) is 9.68. The lowest BCUT2D eigenvalue weighted by molar-refractivity contribution is 0.329. The monoisotopic (exact) mass is 196 g/mol. The van der Waals surface area contributed by atoms with Crippen LogP contribution in [-0.2, 0) is 6.42 Å². The van der Waals surface area contributed by atoms with E-state index in [0.717, 1.165) is 18.4 Å². The number of aliphatic hydroxyl groups is 1. The third-order valence-corrected chi connectivity index (χ3v) is 3.21. The predicted octanol–water partition coefficient (Wildman–Crippen LogP) is 3.10. The summed E-state index contributed by atoms with van der Waals surface area (Å²) in [6, 6.07) is 4.27. The smallest absolute Gasteiger partial charge is 0.0645 e. The molecule has 0 aliphatic heterocycles. The highest BCUT2D eigenvalue weighted by atomic mass is 32.1. The SMILES string of the molecule is CCC(=Cc1ccc(CC)s1)CO.